The topological polar surface area (TPSA) is 289 Å². The molecule has 6 aromatic carbocycles. The lowest BCUT2D eigenvalue weighted by molar-refractivity contribution is -0.173. The number of likely N-dealkylation sites (N-methyl/N-ethyl adjacent to an activating group) is 1. The van der Waals surface area contributed by atoms with Crippen LogP contribution < -0.4 is 48.4 Å². The lowest BCUT2D eigenvalue weighted by atomic mass is 10.1. The first kappa shape index (κ1) is 88.8. The van der Waals surface area contributed by atoms with Crippen LogP contribution >= 0.6 is 0 Å². The van der Waals surface area contributed by atoms with Gasteiger partial charge in [-0.1, -0.05) is 29.7 Å². The SMILES string of the molecule is C.C.C.C.COc1cc(OC)cc(N(CCCNC(=O)C(F)(F)F)c2ccc3ncc(-c4cn[nH]c4)nc3c2)c1.COc1cc(OC)cc(N(CCN(C)C)c2ccc3ncc(-c4cnn(C)c4)nc3c2)c1.COc1cc(OC)cc(N(CCO)c2ccc3ncc(-c4cnn(C5CCN(C(=O)OC(C)(C)C)CC5)c4)nc3c2)c1. The summed E-state index contributed by atoms with van der Waals surface area (Å²) in [6, 6.07) is 34.5. The van der Waals surface area contributed by atoms with Gasteiger partial charge in [0.25, 0.3) is 0 Å². The van der Waals surface area contributed by atoms with Crippen molar-refractivity contribution in [3.63, 3.8) is 0 Å². The average Bonchev–Trinajstić information content (AvgIpc) is 1.13. The molecule has 12 aromatic rings. The van der Waals surface area contributed by atoms with Crippen molar-refractivity contribution < 1.29 is 61.0 Å². The number of aromatic amines is 1. The van der Waals surface area contributed by atoms with Crippen LogP contribution in [-0.2, 0) is 16.6 Å². The van der Waals surface area contributed by atoms with E-state index >= 15 is 0 Å². The lowest BCUT2D eigenvalue weighted by Crippen LogP contribution is -2.42. The summed E-state index contributed by atoms with van der Waals surface area (Å²) in [5.74, 6) is 1.92. The Morgan fingerprint density at radius 1 is 0.518 bits per heavy atom. The normalized spacial score (nSPS) is 12.0. The first-order valence-corrected chi connectivity index (χ1v) is 35.4. The van der Waals surface area contributed by atoms with Crippen LogP contribution in [0.3, 0.4) is 0 Å². The molecule has 0 atom stereocenters. The molecule has 114 heavy (non-hydrogen) atoms. The zero-order valence-corrected chi connectivity index (χ0v) is 63.4. The minimum atomic E-state index is -4.93. The van der Waals surface area contributed by atoms with E-state index < -0.39 is 17.7 Å². The van der Waals surface area contributed by atoms with E-state index in [1.807, 2.05) is 139 Å². The van der Waals surface area contributed by atoms with Gasteiger partial charge in [0, 0.05) is 177 Å². The fraction of sp³-hybridized carbons (Fsp3) is 0.361. The summed E-state index contributed by atoms with van der Waals surface area (Å²) < 4.78 is 79.6. The molecule has 1 saturated heterocycles. The lowest BCUT2D eigenvalue weighted by Gasteiger charge is -2.33. The summed E-state index contributed by atoms with van der Waals surface area (Å²) in [5.41, 5.74) is 13.8. The molecule has 1 aliphatic rings. The Labute approximate surface area is 663 Å². The van der Waals surface area contributed by atoms with Gasteiger partial charge < -0.3 is 68.1 Å². The van der Waals surface area contributed by atoms with E-state index in [1.165, 1.54) is 14.2 Å². The molecule has 608 valence electrons. The van der Waals surface area contributed by atoms with Crippen molar-refractivity contribution in [1.82, 2.24) is 74.8 Å². The Morgan fingerprint density at radius 2 is 0.930 bits per heavy atom. The van der Waals surface area contributed by atoms with Crippen LogP contribution in [0.15, 0.2) is 165 Å². The number of hydrogen-bond donors (Lipinski definition) is 3. The molecule has 6 aromatic heterocycles. The standard InChI is InChI=1S/C31H38N6O5.C24H23F3N6O3.C24H28N6O2.4CH4/c1-31(2,3)42-30(39)35-10-8-22(9-11-35)37-20-21(18-33-37)29-19-32-27-7-6-23(16-28(27)34-29)36(12-13-38)24-14-25(40-4)17-26(15-24)41-5;1-35-18-8-17(9-19(11-18)36-2)33(7-3-6-28-23(34)24(25,26)27)16-4-5-20-21(10-16)32-22(14-29-20)15-12-30-31-13-15;1-28(2)8-9-30(19-10-20(31-4)13-21(11-19)32-5)18-6-7-22-23(12-18)27-24(15-25-22)17-14-26-29(3)16-17;;;;/h6-7,14-20,22,38H,8-13H2,1-5H3;4-5,8-14H,3,6-7H2,1-2H3,(H,28,34)(H,30,31);6-7,10-16H,8-9H2,1-5H3;4*1H4. The van der Waals surface area contributed by atoms with E-state index in [0.29, 0.717) is 70.7 Å². The van der Waals surface area contributed by atoms with E-state index in [0.717, 1.165) is 110 Å². The molecule has 0 bridgehead atoms. The third-order valence-corrected chi connectivity index (χ3v) is 17.8. The van der Waals surface area contributed by atoms with Gasteiger partial charge in [0.05, 0.1) is 143 Å². The number of likely N-dealkylation sites (tertiary alicyclic amines) is 1. The van der Waals surface area contributed by atoms with Crippen LogP contribution in [0.1, 0.15) is 75.8 Å². The van der Waals surface area contributed by atoms with Crippen LogP contribution in [0, 0.1) is 0 Å². The van der Waals surface area contributed by atoms with E-state index in [1.54, 1.807) is 99.6 Å². The van der Waals surface area contributed by atoms with Gasteiger partial charge in [0.1, 0.15) is 40.1 Å². The number of carbonyl (C=O) groups excluding carboxylic acids is 2. The van der Waals surface area contributed by atoms with Crippen LogP contribution in [0.5, 0.6) is 34.5 Å². The molecule has 3 N–H and O–H groups in total. The number of benzene rings is 6. The number of aliphatic hydroxyl groups excluding tert-OH is 1. The highest BCUT2D eigenvalue weighted by molar-refractivity contribution is 5.86. The van der Waals surface area contributed by atoms with Crippen LogP contribution in [0.2, 0.25) is 0 Å². The number of amides is 2. The molecule has 2 amide bonds. The van der Waals surface area contributed by atoms with Crippen molar-refractivity contribution in [2.24, 2.45) is 7.05 Å². The summed E-state index contributed by atoms with van der Waals surface area (Å²) in [4.78, 5) is 61.8. The van der Waals surface area contributed by atoms with Crippen molar-refractivity contribution in [2.45, 2.75) is 87.6 Å². The van der Waals surface area contributed by atoms with Gasteiger partial charge in [0.15, 0.2) is 0 Å². The number of methoxy groups -OCH3 is 6. The minimum Gasteiger partial charge on any atom is -0.497 e. The number of halogens is 3. The molecule has 31 heteroatoms. The molecule has 28 nitrogen and oxygen atoms in total. The maximum absolute atomic E-state index is 12.5. The third-order valence-electron chi connectivity index (χ3n) is 17.8. The van der Waals surface area contributed by atoms with Gasteiger partial charge in [0.2, 0.25) is 0 Å². The van der Waals surface area contributed by atoms with Crippen molar-refractivity contribution >= 4 is 79.2 Å². The Kier molecular flexibility index (Phi) is 31.3. The fourth-order valence-corrected chi connectivity index (χ4v) is 12.2. The first-order chi connectivity index (χ1) is 52.9. The van der Waals surface area contributed by atoms with E-state index in [2.05, 4.69) is 76.4 Å². The second-order valence-corrected chi connectivity index (χ2v) is 26.9. The van der Waals surface area contributed by atoms with Gasteiger partial charge in [-0.15, -0.1) is 0 Å². The smallest absolute Gasteiger partial charge is 0.471 e. The van der Waals surface area contributed by atoms with E-state index in [4.69, 9.17) is 43.1 Å². The van der Waals surface area contributed by atoms with E-state index in [9.17, 15) is 27.9 Å². The second-order valence-electron chi connectivity index (χ2n) is 26.9. The predicted octanol–water partition coefficient (Wildman–Crippen LogP) is 15.7. The molecule has 7 heterocycles. The van der Waals surface area contributed by atoms with Crippen LogP contribution in [-0.4, -0.2) is 208 Å². The summed E-state index contributed by atoms with van der Waals surface area (Å²) in [5, 5.41) is 27.3. The molecule has 0 saturated carbocycles. The summed E-state index contributed by atoms with van der Waals surface area (Å²) >= 11 is 0. The number of ether oxygens (including phenoxy) is 7. The number of piperidine rings is 1. The molecule has 0 unspecified atom stereocenters. The Bertz CT molecular complexity index is 5040. The summed E-state index contributed by atoms with van der Waals surface area (Å²) in [6.07, 6.45) is 12.7. The number of alkyl halides is 3. The summed E-state index contributed by atoms with van der Waals surface area (Å²) in [7, 11) is 15.6. The molecule has 1 aliphatic heterocycles. The quantitative estimate of drug-likeness (QED) is 0.0448. The fourth-order valence-electron chi connectivity index (χ4n) is 12.2. The number of nitrogens with one attached hydrogen (secondary N) is 2. The number of hydrogen-bond acceptors (Lipinski definition) is 23. The van der Waals surface area contributed by atoms with Gasteiger partial charge in [-0.05, 0) is 109 Å². The number of aliphatic hydroxyl groups is 1. The first-order valence-electron chi connectivity index (χ1n) is 35.4. The monoisotopic (exact) mass is 1570 g/mol. The third kappa shape index (κ3) is 22.7. The molecule has 1 fully saturated rings. The Morgan fingerprint density at radius 3 is 1.31 bits per heavy atom. The number of H-pyrrole nitrogens is 1. The van der Waals surface area contributed by atoms with Crippen LogP contribution in [0.25, 0.3) is 66.9 Å². The molecule has 0 spiro atoms. The number of aryl methyl sites for hydroxylation is 1. The predicted molar refractivity (Wildman–Crippen MR) is 442 cm³/mol. The van der Waals surface area contributed by atoms with E-state index in [-0.39, 0.29) is 68.0 Å². The molecular weight excluding hydrogens is 1470 g/mol. The minimum absolute atomic E-state index is 0. The number of anilines is 6. The number of aromatic nitrogens is 12. The molecule has 0 radical (unpaired) electrons. The zero-order valence-electron chi connectivity index (χ0n) is 63.4. The largest absolute Gasteiger partial charge is 0.497 e. The molecular formula is C83H105F3N18O10. The van der Waals surface area contributed by atoms with Gasteiger partial charge in [-0.3, -0.25) is 34.2 Å². The number of fused-ring (bicyclic) bond motifs is 3. The van der Waals surface area contributed by atoms with Crippen molar-refractivity contribution in [2.75, 3.05) is 124 Å². The highest BCUT2D eigenvalue weighted by Crippen LogP contribution is 2.39. The maximum Gasteiger partial charge on any atom is 0.471 e. The molecule has 13 rings (SSSR count). The van der Waals surface area contributed by atoms with Crippen LogP contribution in [0.4, 0.5) is 52.1 Å². The summed E-state index contributed by atoms with van der Waals surface area (Å²) in [6.45, 7) is 8.99. The zero-order chi connectivity index (χ0) is 78.2. The number of carbonyl (C=O) groups is 2. The highest BCUT2D eigenvalue weighted by Gasteiger charge is 2.38. The van der Waals surface area contributed by atoms with Crippen molar-refractivity contribution in [3.05, 3.63) is 165 Å². The Hall–Kier alpha value is -12.4. The average molecular weight is 1570 g/mol. The van der Waals surface area contributed by atoms with Gasteiger partial charge in [-0.2, -0.15) is 28.5 Å². The Balaban J connectivity index is 0.000000235. The number of nitrogens with zero attached hydrogens (tertiary/aromatic N) is 16. The van der Waals surface area contributed by atoms with Crippen molar-refractivity contribution in [1.29, 1.82) is 0 Å². The van der Waals surface area contributed by atoms with Gasteiger partial charge >= 0.3 is 18.2 Å². The highest BCUT2D eigenvalue weighted by atomic mass is 19.4. The van der Waals surface area contributed by atoms with Gasteiger partial charge in [-0.25, -0.2) is 19.7 Å². The maximum atomic E-state index is 12.5. The number of rotatable bonds is 25. The molecule has 0 aliphatic carbocycles. The second kappa shape index (κ2) is 40.2. The van der Waals surface area contributed by atoms with Crippen molar-refractivity contribution in [3.8, 4) is 68.3 Å².